The van der Waals surface area contributed by atoms with E-state index in [-0.39, 0.29) is 17.7 Å². The maximum Gasteiger partial charge on any atom is 0.255 e. The van der Waals surface area contributed by atoms with E-state index in [2.05, 4.69) is 16.0 Å². The lowest BCUT2D eigenvalue weighted by Gasteiger charge is -2.12. The number of benzene rings is 2. The zero-order chi connectivity index (χ0) is 20.1. The largest absolute Gasteiger partial charge is 0.368 e. The lowest BCUT2D eigenvalue weighted by atomic mass is 10.1. The highest BCUT2D eigenvalue weighted by molar-refractivity contribution is 6.06. The molecule has 1 saturated heterocycles. The molecule has 0 aliphatic carbocycles. The number of rotatable bonds is 5. The number of aryl methyl sites for hydroxylation is 1. The molecule has 0 saturated carbocycles. The fourth-order valence-corrected chi connectivity index (χ4v) is 2.97. The Labute approximate surface area is 163 Å². The van der Waals surface area contributed by atoms with Gasteiger partial charge in [0.05, 0.1) is 0 Å². The van der Waals surface area contributed by atoms with E-state index in [1.54, 1.807) is 36.4 Å². The van der Waals surface area contributed by atoms with Crippen LogP contribution in [0.1, 0.15) is 35.7 Å². The summed E-state index contributed by atoms with van der Waals surface area (Å²) in [4.78, 5) is 36.1. The van der Waals surface area contributed by atoms with Gasteiger partial charge in [-0.2, -0.15) is 0 Å². The maximum absolute atomic E-state index is 12.6. The molecular formula is C21H23N3O4. The molecule has 146 valence electrons. The van der Waals surface area contributed by atoms with Crippen molar-refractivity contribution in [3.63, 3.8) is 0 Å². The van der Waals surface area contributed by atoms with Crippen LogP contribution in [0, 0.1) is 6.92 Å². The molecule has 0 spiro atoms. The van der Waals surface area contributed by atoms with Crippen LogP contribution in [0.5, 0.6) is 0 Å². The summed E-state index contributed by atoms with van der Waals surface area (Å²) in [5, 5.41) is 8.33. The number of carbonyl (C=O) groups excluding carboxylic acids is 3. The van der Waals surface area contributed by atoms with Crippen molar-refractivity contribution in [2.45, 2.75) is 32.8 Å². The van der Waals surface area contributed by atoms with Crippen LogP contribution in [-0.2, 0) is 14.3 Å². The van der Waals surface area contributed by atoms with Crippen LogP contribution >= 0.6 is 0 Å². The van der Waals surface area contributed by atoms with Gasteiger partial charge in [0.1, 0.15) is 6.10 Å². The van der Waals surface area contributed by atoms with Gasteiger partial charge in [0, 0.05) is 36.2 Å². The second kappa shape index (κ2) is 8.67. The normalized spacial score (nSPS) is 15.7. The standard InChI is InChI=1S/C21H23N3O4/c1-13-8-9-17(12-18(13)22-14(2)25)23-20(26)15-5-3-6-16(11-15)24-21(27)19-7-4-10-28-19/h3,5-6,8-9,11-12,19H,4,7,10H2,1-2H3,(H,22,25)(H,23,26)(H,24,27). The third-order valence-electron chi connectivity index (χ3n) is 4.42. The van der Waals surface area contributed by atoms with Gasteiger partial charge in [0.25, 0.3) is 11.8 Å². The highest BCUT2D eigenvalue weighted by Crippen LogP contribution is 2.22. The molecule has 1 unspecified atom stereocenters. The van der Waals surface area contributed by atoms with Gasteiger partial charge in [0.2, 0.25) is 5.91 Å². The number of anilines is 3. The van der Waals surface area contributed by atoms with Crippen LogP contribution in [0.4, 0.5) is 17.1 Å². The van der Waals surface area contributed by atoms with Crippen LogP contribution in [0.2, 0.25) is 0 Å². The van der Waals surface area contributed by atoms with Crippen molar-refractivity contribution in [2.24, 2.45) is 0 Å². The molecule has 28 heavy (non-hydrogen) atoms. The first-order chi connectivity index (χ1) is 13.4. The maximum atomic E-state index is 12.6. The summed E-state index contributed by atoms with van der Waals surface area (Å²) in [5.41, 5.74) is 3.05. The summed E-state index contributed by atoms with van der Waals surface area (Å²) >= 11 is 0. The lowest BCUT2D eigenvalue weighted by Crippen LogP contribution is -2.27. The van der Waals surface area contributed by atoms with Crippen LogP contribution in [-0.4, -0.2) is 30.4 Å². The first kappa shape index (κ1) is 19.6. The molecule has 0 radical (unpaired) electrons. The Hall–Kier alpha value is -3.19. The van der Waals surface area contributed by atoms with Crippen molar-refractivity contribution in [1.82, 2.24) is 0 Å². The van der Waals surface area contributed by atoms with Gasteiger partial charge in [-0.25, -0.2) is 0 Å². The number of hydrogen-bond donors (Lipinski definition) is 3. The van der Waals surface area contributed by atoms with Crippen molar-refractivity contribution in [3.05, 3.63) is 53.6 Å². The van der Waals surface area contributed by atoms with E-state index in [0.29, 0.717) is 35.7 Å². The summed E-state index contributed by atoms with van der Waals surface area (Å²) in [5.74, 6) is -0.694. The molecule has 0 aromatic heterocycles. The van der Waals surface area contributed by atoms with Crippen LogP contribution in [0.3, 0.4) is 0 Å². The van der Waals surface area contributed by atoms with Crippen molar-refractivity contribution in [1.29, 1.82) is 0 Å². The zero-order valence-electron chi connectivity index (χ0n) is 15.9. The van der Waals surface area contributed by atoms with Gasteiger partial charge >= 0.3 is 0 Å². The van der Waals surface area contributed by atoms with Gasteiger partial charge in [-0.15, -0.1) is 0 Å². The molecule has 0 bridgehead atoms. The third-order valence-corrected chi connectivity index (χ3v) is 4.42. The first-order valence-electron chi connectivity index (χ1n) is 9.14. The van der Waals surface area contributed by atoms with Gasteiger partial charge < -0.3 is 20.7 Å². The number of hydrogen-bond acceptors (Lipinski definition) is 4. The molecular weight excluding hydrogens is 358 g/mol. The third kappa shape index (κ3) is 4.95. The topological polar surface area (TPSA) is 96.5 Å². The number of amides is 3. The highest BCUT2D eigenvalue weighted by Gasteiger charge is 2.23. The van der Waals surface area contributed by atoms with E-state index in [9.17, 15) is 14.4 Å². The Morgan fingerprint density at radius 1 is 1.00 bits per heavy atom. The summed E-state index contributed by atoms with van der Waals surface area (Å²) in [6.07, 6.45) is 1.14. The average Bonchev–Trinajstić information content (AvgIpc) is 3.19. The molecule has 7 heteroatoms. The summed E-state index contributed by atoms with van der Waals surface area (Å²) < 4.78 is 5.37. The van der Waals surface area contributed by atoms with Gasteiger partial charge in [-0.05, 0) is 55.7 Å². The molecule has 1 heterocycles. The van der Waals surface area contributed by atoms with Crippen molar-refractivity contribution in [2.75, 3.05) is 22.6 Å². The molecule has 3 N–H and O–H groups in total. The Morgan fingerprint density at radius 3 is 2.50 bits per heavy atom. The van der Waals surface area contributed by atoms with E-state index in [0.717, 1.165) is 12.0 Å². The predicted molar refractivity (Wildman–Crippen MR) is 107 cm³/mol. The molecule has 1 fully saturated rings. The van der Waals surface area contributed by atoms with E-state index < -0.39 is 6.10 Å². The minimum atomic E-state index is -0.433. The first-order valence-corrected chi connectivity index (χ1v) is 9.14. The van der Waals surface area contributed by atoms with E-state index in [1.807, 2.05) is 13.0 Å². The molecule has 2 aromatic rings. The van der Waals surface area contributed by atoms with E-state index in [1.165, 1.54) is 6.92 Å². The molecule has 3 rings (SSSR count). The SMILES string of the molecule is CC(=O)Nc1cc(NC(=O)c2cccc(NC(=O)C3CCCO3)c2)ccc1C. The summed E-state index contributed by atoms with van der Waals surface area (Å²) in [6, 6.07) is 12.0. The van der Waals surface area contributed by atoms with Gasteiger partial charge in [0.15, 0.2) is 0 Å². The quantitative estimate of drug-likeness (QED) is 0.740. The zero-order valence-corrected chi connectivity index (χ0v) is 15.9. The fraction of sp³-hybridized carbons (Fsp3) is 0.286. The number of carbonyl (C=O) groups is 3. The van der Waals surface area contributed by atoms with E-state index in [4.69, 9.17) is 4.74 Å². The molecule has 7 nitrogen and oxygen atoms in total. The minimum absolute atomic E-state index is 0.179. The average molecular weight is 381 g/mol. The number of ether oxygens (including phenoxy) is 1. The molecule has 3 amide bonds. The Bertz CT molecular complexity index is 904. The molecule has 2 aromatic carbocycles. The fourth-order valence-electron chi connectivity index (χ4n) is 2.97. The molecule has 1 atom stereocenters. The lowest BCUT2D eigenvalue weighted by molar-refractivity contribution is -0.124. The van der Waals surface area contributed by atoms with Crippen molar-refractivity contribution < 1.29 is 19.1 Å². The van der Waals surface area contributed by atoms with Crippen LogP contribution in [0.15, 0.2) is 42.5 Å². The molecule has 1 aliphatic rings. The summed E-state index contributed by atoms with van der Waals surface area (Å²) in [7, 11) is 0. The summed E-state index contributed by atoms with van der Waals surface area (Å²) in [6.45, 7) is 3.90. The second-order valence-corrected chi connectivity index (χ2v) is 6.74. The Balaban J connectivity index is 1.69. The van der Waals surface area contributed by atoms with Crippen molar-refractivity contribution in [3.8, 4) is 0 Å². The van der Waals surface area contributed by atoms with Gasteiger partial charge in [-0.1, -0.05) is 12.1 Å². The monoisotopic (exact) mass is 381 g/mol. The van der Waals surface area contributed by atoms with Crippen molar-refractivity contribution >= 4 is 34.8 Å². The van der Waals surface area contributed by atoms with Crippen LogP contribution < -0.4 is 16.0 Å². The van der Waals surface area contributed by atoms with Crippen LogP contribution in [0.25, 0.3) is 0 Å². The predicted octanol–water partition coefficient (Wildman–Crippen LogP) is 3.32. The van der Waals surface area contributed by atoms with E-state index >= 15 is 0 Å². The highest BCUT2D eigenvalue weighted by atomic mass is 16.5. The Morgan fingerprint density at radius 2 is 1.79 bits per heavy atom. The second-order valence-electron chi connectivity index (χ2n) is 6.74. The van der Waals surface area contributed by atoms with Gasteiger partial charge in [-0.3, -0.25) is 14.4 Å². The number of nitrogens with one attached hydrogen (secondary N) is 3. The molecule has 1 aliphatic heterocycles. The minimum Gasteiger partial charge on any atom is -0.368 e. The Kier molecular flexibility index (Phi) is 6.06. The smallest absolute Gasteiger partial charge is 0.255 e.